The Labute approximate surface area is 153 Å². The fourth-order valence-corrected chi connectivity index (χ4v) is 3.40. The van der Waals surface area contributed by atoms with Gasteiger partial charge in [-0.3, -0.25) is 9.59 Å². The number of carbonyl (C=O) groups is 3. The number of rotatable bonds is 3. The maximum Gasteiger partial charge on any atom is 0.407 e. The minimum Gasteiger partial charge on any atom is -0.444 e. The Kier molecular flexibility index (Phi) is 5.00. The third-order valence-electron chi connectivity index (χ3n) is 4.50. The fourth-order valence-electron chi connectivity index (χ4n) is 3.40. The summed E-state index contributed by atoms with van der Waals surface area (Å²) in [5.41, 5.74) is 3.35. The van der Waals surface area contributed by atoms with E-state index >= 15 is 0 Å². The van der Waals surface area contributed by atoms with Gasteiger partial charge in [-0.05, 0) is 58.6 Å². The van der Waals surface area contributed by atoms with Crippen molar-refractivity contribution >= 4 is 17.9 Å². The number of hydrogen-bond donors (Lipinski definition) is 2. The smallest absolute Gasteiger partial charge is 0.407 e. The van der Waals surface area contributed by atoms with E-state index in [0.29, 0.717) is 17.5 Å². The van der Waals surface area contributed by atoms with Crippen molar-refractivity contribution in [2.45, 2.75) is 64.1 Å². The first kappa shape index (κ1) is 18.4. The lowest BCUT2D eigenvalue weighted by molar-refractivity contribution is 0.0438. The SMILES string of the molecule is CC(C)(C)OC(=O)NC1CCCC(NN2C(=O)c3ccccc3C2=O)C1. The van der Waals surface area contributed by atoms with Crippen LogP contribution in [0.25, 0.3) is 0 Å². The third kappa shape index (κ3) is 4.04. The zero-order valence-electron chi connectivity index (χ0n) is 15.4. The number of benzene rings is 1. The Bertz CT molecular complexity index is 691. The maximum absolute atomic E-state index is 12.4. The Balaban J connectivity index is 1.59. The van der Waals surface area contributed by atoms with Gasteiger partial charge in [0.05, 0.1) is 11.1 Å². The Morgan fingerprint density at radius 3 is 2.23 bits per heavy atom. The molecule has 1 aliphatic heterocycles. The molecular formula is C19H25N3O4. The molecule has 0 spiro atoms. The average Bonchev–Trinajstić information content (AvgIpc) is 2.79. The quantitative estimate of drug-likeness (QED) is 0.810. The van der Waals surface area contributed by atoms with E-state index < -0.39 is 11.7 Å². The molecular weight excluding hydrogens is 334 g/mol. The molecule has 3 amide bonds. The van der Waals surface area contributed by atoms with E-state index in [0.717, 1.165) is 24.3 Å². The second-order valence-corrected chi connectivity index (χ2v) is 7.83. The monoisotopic (exact) mass is 359 g/mol. The van der Waals surface area contributed by atoms with Crippen molar-refractivity contribution in [2.75, 3.05) is 0 Å². The molecule has 1 aliphatic carbocycles. The van der Waals surface area contributed by atoms with E-state index in [4.69, 9.17) is 4.74 Å². The Hall–Kier alpha value is -2.41. The van der Waals surface area contributed by atoms with Crippen LogP contribution in [0.4, 0.5) is 4.79 Å². The molecule has 2 N–H and O–H groups in total. The van der Waals surface area contributed by atoms with Gasteiger partial charge in [-0.15, -0.1) is 0 Å². The van der Waals surface area contributed by atoms with Crippen molar-refractivity contribution < 1.29 is 19.1 Å². The van der Waals surface area contributed by atoms with Crippen LogP contribution in [-0.2, 0) is 4.74 Å². The van der Waals surface area contributed by atoms with E-state index in [1.54, 1.807) is 24.3 Å². The molecule has 0 saturated heterocycles. The van der Waals surface area contributed by atoms with Gasteiger partial charge in [0.2, 0.25) is 0 Å². The summed E-state index contributed by atoms with van der Waals surface area (Å²) in [5, 5.41) is 3.98. The summed E-state index contributed by atoms with van der Waals surface area (Å²) in [6, 6.07) is 6.69. The summed E-state index contributed by atoms with van der Waals surface area (Å²) in [6.45, 7) is 5.46. The second kappa shape index (κ2) is 7.07. The highest BCUT2D eigenvalue weighted by Gasteiger charge is 2.37. The van der Waals surface area contributed by atoms with Gasteiger partial charge in [-0.2, -0.15) is 0 Å². The van der Waals surface area contributed by atoms with Crippen LogP contribution in [-0.4, -0.2) is 40.6 Å². The summed E-state index contributed by atoms with van der Waals surface area (Å²) in [4.78, 5) is 36.9. The van der Waals surface area contributed by atoms with Gasteiger partial charge in [-0.1, -0.05) is 12.1 Å². The summed E-state index contributed by atoms with van der Waals surface area (Å²) in [6.07, 6.45) is 2.76. The normalized spacial score (nSPS) is 23.0. The number of carbonyl (C=O) groups excluding carboxylic acids is 3. The summed E-state index contributed by atoms with van der Waals surface area (Å²) in [7, 11) is 0. The molecule has 7 nitrogen and oxygen atoms in total. The van der Waals surface area contributed by atoms with E-state index in [1.165, 1.54) is 0 Å². The van der Waals surface area contributed by atoms with E-state index in [-0.39, 0.29) is 23.9 Å². The Morgan fingerprint density at radius 1 is 1.08 bits per heavy atom. The van der Waals surface area contributed by atoms with E-state index in [2.05, 4.69) is 10.7 Å². The van der Waals surface area contributed by atoms with Crippen molar-refractivity contribution in [3.8, 4) is 0 Å². The first-order valence-electron chi connectivity index (χ1n) is 8.98. The van der Waals surface area contributed by atoms with Crippen molar-refractivity contribution in [3.05, 3.63) is 35.4 Å². The number of hydrogen-bond acceptors (Lipinski definition) is 5. The van der Waals surface area contributed by atoms with Crippen LogP contribution in [0.2, 0.25) is 0 Å². The second-order valence-electron chi connectivity index (χ2n) is 7.83. The molecule has 3 rings (SSSR count). The van der Waals surface area contributed by atoms with Crippen LogP contribution >= 0.6 is 0 Å². The van der Waals surface area contributed by atoms with Crippen molar-refractivity contribution in [2.24, 2.45) is 0 Å². The van der Waals surface area contributed by atoms with Crippen LogP contribution in [0.3, 0.4) is 0 Å². The topological polar surface area (TPSA) is 87.7 Å². The molecule has 0 bridgehead atoms. The molecule has 1 heterocycles. The lowest BCUT2D eigenvalue weighted by atomic mass is 9.91. The number of ether oxygens (including phenoxy) is 1. The Morgan fingerprint density at radius 2 is 1.65 bits per heavy atom. The van der Waals surface area contributed by atoms with Crippen molar-refractivity contribution in [1.29, 1.82) is 0 Å². The van der Waals surface area contributed by atoms with Crippen LogP contribution < -0.4 is 10.7 Å². The van der Waals surface area contributed by atoms with Crippen molar-refractivity contribution in [3.63, 3.8) is 0 Å². The fraction of sp³-hybridized carbons (Fsp3) is 0.526. The molecule has 0 aromatic heterocycles. The van der Waals surface area contributed by atoms with E-state index in [9.17, 15) is 14.4 Å². The number of amides is 3. The predicted molar refractivity (Wildman–Crippen MR) is 95.5 cm³/mol. The lowest BCUT2D eigenvalue weighted by Gasteiger charge is -2.33. The molecule has 1 saturated carbocycles. The van der Waals surface area contributed by atoms with Gasteiger partial charge in [-0.25, -0.2) is 15.2 Å². The van der Waals surface area contributed by atoms with Gasteiger partial charge in [0.15, 0.2) is 0 Å². The zero-order valence-corrected chi connectivity index (χ0v) is 15.4. The highest BCUT2D eigenvalue weighted by atomic mass is 16.6. The maximum atomic E-state index is 12.4. The van der Waals surface area contributed by atoms with Crippen LogP contribution in [0.15, 0.2) is 24.3 Å². The molecule has 2 atom stereocenters. The van der Waals surface area contributed by atoms with Crippen LogP contribution in [0.5, 0.6) is 0 Å². The number of alkyl carbamates (subject to hydrolysis) is 1. The van der Waals surface area contributed by atoms with Gasteiger partial charge >= 0.3 is 6.09 Å². The van der Waals surface area contributed by atoms with Crippen LogP contribution in [0, 0.1) is 0 Å². The molecule has 2 aliphatic rings. The number of nitrogens with one attached hydrogen (secondary N) is 2. The molecule has 2 unspecified atom stereocenters. The highest BCUT2D eigenvalue weighted by Crippen LogP contribution is 2.24. The van der Waals surface area contributed by atoms with Gasteiger partial charge in [0, 0.05) is 12.1 Å². The molecule has 0 radical (unpaired) electrons. The number of nitrogens with zero attached hydrogens (tertiary/aromatic N) is 1. The molecule has 26 heavy (non-hydrogen) atoms. The largest absolute Gasteiger partial charge is 0.444 e. The van der Waals surface area contributed by atoms with E-state index in [1.807, 2.05) is 20.8 Å². The lowest BCUT2D eigenvalue weighted by Crippen LogP contribution is -2.52. The van der Waals surface area contributed by atoms with Crippen molar-refractivity contribution in [1.82, 2.24) is 15.8 Å². The average molecular weight is 359 g/mol. The summed E-state index contributed by atoms with van der Waals surface area (Å²) < 4.78 is 5.30. The number of hydrazine groups is 1. The number of imide groups is 1. The number of fused-ring (bicyclic) bond motifs is 1. The minimum atomic E-state index is -0.545. The predicted octanol–water partition coefficient (Wildman–Crippen LogP) is 2.62. The molecule has 1 aromatic rings. The molecule has 140 valence electrons. The van der Waals surface area contributed by atoms with Gasteiger partial charge < -0.3 is 10.1 Å². The highest BCUT2D eigenvalue weighted by molar-refractivity contribution is 6.20. The summed E-state index contributed by atoms with van der Waals surface area (Å²) >= 11 is 0. The molecule has 7 heteroatoms. The zero-order chi connectivity index (χ0) is 18.9. The molecule has 1 fully saturated rings. The van der Waals surface area contributed by atoms with Gasteiger partial charge in [0.1, 0.15) is 5.60 Å². The summed E-state index contributed by atoms with van der Waals surface area (Å²) in [5.74, 6) is -0.652. The van der Waals surface area contributed by atoms with Gasteiger partial charge in [0.25, 0.3) is 11.8 Å². The van der Waals surface area contributed by atoms with Crippen LogP contribution in [0.1, 0.15) is 67.2 Å². The third-order valence-corrected chi connectivity index (χ3v) is 4.50. The first-order valence-corrected chi connectivity index (χ1v) is 8.98. The minimum absolute atomic E-state index is 0.0497. The first-order chi connectivity index (χ1) is 12.2. The molecule has 1 aromatic carbocycles. The standard InChI is InChI=1S/C19H25N3O4/c1-19(2,3)26-18(25)20-12-7-6-8-13(11-12)21-22-16(23)14-9-4-5-10-15(14)17(22)24/h4-5,9-10,12-13,21H,6-8,11H2,1-3H3,(H,20,25).